The Bertz CT molecular complexity index is 67.1. The Labute approximate surface area is 53.2 Å². The zero-order valence-electron chi connectivity index (χ0n) is 3.05. The molecule has 8 heteroatoms. The van der Waals surface area contributed by atoms with Gasteiger partial charge in [0.05, 0.1) is 0 Å². The zero-order valence-corrected chi connectivity index (χ0v) is 5.58. The molecule has 0 aromatic rings. The van der Waals surface area contributed by atoms with Crippen LogP contribution in [-0.2, 0) is 19.5 Å². The molecule has 0 N–H and O–H groups in total. The van der Waals surface area contributed by atoms with Crippen molar-refractivity contribution < 1.29 is 44.7 Å². The molecule has 0 saturated heterocycles. The second kappa shape index (κ2) is 1.37. The van der Waals surface area contributed by atoms with Gasteiger partial charge in [-0.25, -0.2) is 0 Å². The van der Waals surface area contributed by atoms with Crippen molar-refractivity contribution in [1.29, 1.82) is 0 Å². The molecular formula is F6PRh. The fourth-order valence-corrected chi connectivity index (χ4v) is 0. The fourth-order valence-electron chi connectivity index (χ4n) is 0. The first-order valence-corrected chi connectivity index (χ1v) is 3.04. The second-order valence-electron chi connectivity index (χ2n) is 0.958. The van der Waals surface area contributed by atoms with E-state index in [-0.39, 0.29) is 19.5 Å². The van der Waals surface area contributed by atoms with Crippen LogP contribution in [0.4, 0.5) is 25.2 Å². The Hall–Kier alpha value is 0.633. The molecule has 0 amide bonds. The average Bonchev–Trinajstić information content (AvgIpc) is 0.592. The van der Waals surface area contributed by atoms with Gasteiger partial charge in [0.25, 0.3) is 0 Å². The van der Waals surface area contributed by atoms with Crippen LogP contribution in [0.1, 0.15) is 0 Å². The molecule has 0 aromatic carbocycles. The molecule has 0 nitrogen and oxygen atoms in total. The molecule has 0 spiro atoms. The number of hydrogen-bond donors (Lipinski definition) is 0. The summed E-state index contributed by atoms with van der Waals surface area (Å²) in [6.07, 6.45) is 0. The summed E-state index contributed by atoms with van der Waals surface area (Å²) in [5.41, 5.74) is 0. The second-order valence-corrected chi connectivity index (χ2v) is 2.87. The van der Waals surface area contributed by atoms with Crippen molar-refractivity contribution in [2.45, 2.75) is 0 Å². The molecule has 0 radical (unpaired) electrons. The first-order chi connectivity index (χ1) is 2.45. The summed E-state index contributed by atoms with van der Waals surface area (Å²) in [6.45, 7) is 0. The van der Waals surface area contributed by atoms with Crippen LogP contribution in [0.15, 0.2) is 0 Å². The van der Waals surface area contributed by atoms with Crippen molar-refractivity contribution in [1.82, 2.24) is 0 Å². The van der Waals surface area contributed by atoms with Crippen LogP contribution in [0.3, 0.4) is 0 Å². The average molecular weight is 248 g/mol. The van der Waals surface area contributed by atoms with E-state index in [1.807, 2.05) is 0 Å². The van der Waals surface area contributed by atoms with Crippen LogP contribution in [0.25, 0.3) is 0 Å². The van der Waals surface area contributed by atoms with E-state index in [2.05, 4.69) is 0 Å². The summed E-state index contributed by atoms with van der Waals surface area (Å²) >= 11 is 0. The number of rotatable bonds is 0. The van der Waals surface area contributed by atoms with Crippen molar-refractivity contribution in [2.24, 2.45) is 0 Å². The van der Waals surface area contributed by atoms with Crippen LogP contribution in [0.5, 0.6) is 0 Å². The van der Waals surface area contributed by atoms with E-state index in [1.54, 1.807) is 0 Å². The summed E-state index contributed by atoms with van der Waals surface area (Å²) in [4.78, 5) is 0. The first kappa shape index (κ1) is 11.4. The molecule has 0 aliphatic carbocycles. The maximum atomic E-state index is 9.87. The van der Waals surface area contributed by atoms with Gasteiger partial charge < -0.3 is 0 Å². The van der Waals surface area contributed by atoms with Crippen molar-refractivity contribution in [3.63, 3.8) is 0 Å². The molecule has 0 fully saturated rings. The Balaban J connectivity index is 0. The van der Waals surface area contributed by atoms with Crippen molar-refractivity contribution >= 4 is 7.81 Å². The molecule has 0 aliphatic rings. The predicted molar refractivity (Wildman–Crippen MR) is 13.6 cm³/mol. The third-order valence-corrected chi connectivity index (χ3v) is 0. The first-order valence-electron chi connectivity index (χ1n) is 1.01. The maximum absolute atomic E-state index is 10.7. The Morgan fingerprint density at radius 3 is 0.625 bits per heavy atom. The molecule has 56 valence electrons. The predicted octanol–water partition coefficient (Wildman–Crippen LogP) is 3.38. The molecule has 0 heterocycles. The van der Waals surface area contributed by atoms with Gasteiger partial charge in [-0.1, -0.05) is 0 Å². The minimum Gasteiger partial charge on any atom is 1.00 e. The summed E-state index contributed by atoms with van der Waals surface area (Å²) in [6, 6.07) is 0. The minimum atomic E-state index is -10.7. The summed E-state index contributed by atoms with van der Waals surface area (Å²) in [5.74, 6) is 0. The molecule has 0 aliphatic heterocycles. The number of halogens is 6. The standard InChI is InChI=1S/F6P.Rh/c1-7(2,3,4,5)6;/q-1;+1. The van der Waals surface area contributed by atoms with Gasteiger partial charge in [0.2, 0.25) is 0 Å². The van der Waals surface area contributed by atoms with Crippen molar-refractivity contribution in [2.75, 3.05) is 0 Å². The van der Waals surface area contributed by atoms with Crippen molar-refractivity contribution in [3.05, 3.63) is 0 Å². The molecule has 0 unspecified atom stereocenters. The molecule has 0 saturated carbocycles. The van der Waals surface area contributed by atoms with Crippen LogP contribution in [-0.4, -0.2) is 0 Å². The van der Waals surface area contributed by atoms with Gasteiger partial charge in [-0.2, -0.15) is 0 Å². The van der Waals surface area contributed by atoms with Crippen LogP contribution >= 0.6 is 7.81 Å². The summed E-state index contributed by atoms with van der Waals surface area (Å²) < 4.78 is 59.2. The normalized spacial score (nSPS) is 20.2. The molecule has 0 bridgehead atoms. The SMILES string of the molecule is F[P-](F)(F)(F)(F)F.[Rh+]. The van der Waals surface area contributed by atoms with Gasteiger partial charge in [-0.15, -0.1) is 0 Å². The van der Waals surface area contributed by atoms with Gasteiger partial charge in [-0.05, 0) is 0 Å². The molecule has 0 rings (SSSR count). The zero-order chi connectivity index (χ0) is 6.41. The summed E-state index contributed by atoms with van der Waals surface area (Å²) in [7, 11) is -10.7. The topological polar surface area (TPSA) is 0 Å². The Morgan fingerprint density at radius 1 is 0.625 bits per heavy atom. The molecular weight excluding hydrogens is 248 g/mol. The Morgan fingerprint density at radius 2 is 0.625 bits per heavy atom. The van der Waals surface area contributed by atoms with E-state index in [0.29, 0.717) is 0 Å². The molecule has 8 heavy (non-hydrogen) atoms. The van der Waals surface area contributed by atoms with Crippen LogP contribution < -0.4 is 0 Å². The van der Waals surface area contributed by atoms with E-state index in [4.69, 9.17) is 0 Å². The quantitative estimate of drug-likeness (QED) is 0.350. The smallest absolute Gasteiger partial charge is 1.00 e. The van der Waals surface area contributed by atoms with E-state index >= 15 is 0 Å². The fraction of sp³-hybridized carbons (Fsp3) is 0. The van der Waals surface area contributed by atoms with Gasteiger partial charge in [-0.3, -0.25) is 0 Å². The van der Waals surface area contributed by atoms with Gasteiger partial charge in [0, 0.05) is 0 Å². The monoisotopic (exact) mass is 248 g/mol. The maximum Gasteiger partial charge on any atom is 1.00 e. The molecule has 0 atom stereocenters. The van der Waals surface area contributed by atoms with Crippen LogP contribution in [0, 0.1) is 0 Å². The van der Waals surface area contributed by atoms with Crippen LogP contribution in [0.2, 0.25) is 0 Å². The third-order valence-electron chi connectivity index (χ3n) is 0. The third kappa shape index (κ3) is 525. The van der Waals surface area contributed by atoms with E-state index in [0.717, 1.165) is 0 Å². The largest absolute Gasteiger partial charge is 1.00 e. The molecule has 0 aromatic heterocycles. The van der Waals surface area contributed by atoms with E-state index in [1.165, 1.54) is 0 Å². The van der Waals surface area contributed by atoms with Gasteiger partial charge in [0.15, 0.2) is 0 Å². The van der Waals surface area contributed by atoms with Crippen molar-refractivity contribution in [3.8, 4) is 0 Å². The van der Waals surface area contributed by atoms with E-state index < -0.39 is 7.81 Å². The van der Waals surface area contributed by atoms with E-state index in [9.17, 15) is 25.2 Å². The number of hydrogen-bond acceptors (Lipinski definition) is 0. The van der Waals surface area contributed by atoms with Gasteiger partial charge in [0.1, 0.15) is 0 Å². The Kier molecular flexibility index (Phi) is 1.96. The van der Waals surface area contributed by atoms with Gasteiger partial charge >= 0.3 is 52.5 Å². The minimum absolute atomic E-state index is 0. The summed E-state index contributed by atoms with van der Waals surface area (Å²) in [5, 5.41) is 0.